The second-order valence-electron chi connectivity index (χ2n) is 5.83. The molecule has 0 fully saturated rings. The zero-order valence-corrected chi connectivity index (χ0v) is 13.9. The van der Waals surface area contributed by atoms with Crippen LogP contribution in [0.4, 0.5) is 9.18 Å². The normalized spacial score (nSPS) is 18.3. The van der Waals surface area contributed by atoms with E-state index in [2.05, 4.69) is 21.2 Å². The van der Waals surface area contributed by atoms with Gasteiger partial charge >= 0.3 is 12.1 Å². The van der Waals surface area contributed by atoms with Crippen molar-refractivity contribution in [1.82, 2.24) is 10.2 Å². The Morgan fingerprint density at radius 2 is 2.14 bits per heavy atom. The van der Waals surface area contributed by atoms with Gasteiger partial charge in [-0.25, -0.2) is 14.0 Å². The third-order valence-corrected chi connectivity index (χ3v) is 3.42. The molecule has 0 aromatic rings. The highest BCUT2D eigenvalue weighted by molar-refractivity contribution is 9.11. The van der Waals surface area contributed by atoms with Gasteiger partial charge < -0.3 is 15.2 Å². The van der Waals surface area contributed by atoms with Gasteiger partial charge in [-0.05, 0) is 20.8 Å². The van der Waals surface area contributed by atoms with Crippen LogP contribution >= 0.6 is 15.9 Å². The van der Waals surface area contributed by atoms with E-state index in [0.717, 1.165) is 0 Å². The number of alkyl carbamates (subject to hydrolysis) is 1. The summed E-state index contributed by atoms with van der Waals surface area (Å²) >= 11 is 3.12. The van der Waals surface area contributed by atoms with Gasteiger partial charge in [0.2, 0.25) is 0 Å². The average molecular weight is 367 g/mol. The molecule has 0 aromatic carbocycles. The van der Waals surface area contributed by atoms with Crippen molar-refractivity contribution in [3.63, 3.8) is 0 Å². The van der Waals surface area contributed by atoms with Crippen LogP contribution in [0.5, 0.6) is 0 Å². The quantitative estimate of drug-likeness (QED) is 0.797. The van der Waals surface area contributed by atoms with E-state index in [9.17, 15) is 19.1 Å². The minimum absolute atomic E-state index is 0.0803. The zero-order chi connectivity index (χ0) is 16.2. The van der Waals surface area contributed by atoms with Gasteiger partial charge in [0.05, 0.1) is 0 Å². The third kappa shape index (κ3) is 6.43. The van der Waals surface area contributed by atoms with Gasteiger partial charge in [0.15, 0.2) is 0 Å². The van der Waals surface area contributed by atoms with Crippen molar-refractivity contribution in [1.29, 1.82) is 0 Å². The molecule has 0 saturated carbocycles. The molecule has 0 spiro atoms. The lowest BCUT2D eigenvalue weighted by Gasteiger charge is -2.29. The van der Waals surface area contributed by atoms with Crippen LogP contribution in [0.3, 0.4) is 0 Å². The number of aliphatic carboxylic acids is 1. The highest BCUT2D eigenvalue weighted by Crippen LogP contribution is 2.23. The molecule has 8 heteroatoms. The maximum absolute atomic E-state index is 13.2. The van der Waals surface area contributed by atoms with E-state index in [1.807, 2.05) is 0 Å². The van der Waals surface area contributed by atoms with Gasteiger partial charge in [0.25, 0.3) is 0 Å². The summed E-state index contributed by atoms with van der Waals surface area (Å²) in [5.74, 6) is -1.38. The van der Waals surface area contributed by atoms with Crippen molar-refractivity contribution < 1.29 is 23.8 Å². The van der Waals surface area contributed by atoms with E-state index >= 15 is 0 Å². The molecule has 1 aliphatic rings. The van der Waals surface area contributed by atoms with Crippen LogP contribution < -0.4 is 5.32 Å². The molecule has 1 unspecified atom stereocenters. The third-order valence-electron chi connectivity index (χ3n) is 2.73. The molecule has 1 atom stereocenters. The first-order valence-corrected chi connectivity index (χ1v) is 7.35. The summed E-state index contributed by atoms with van der Waals surface area (Å²) in [6.45, 7) is 5.84. The van der Waals surface area contributed by atoms with Gasteiger partial charge in [0.1, 0.15) is 17.5 Å². The molecule has 1 heterocycles. The Kier molecular flexibility index (Phi) is 6.15. The van der Waals surface area contributed by atoms with Crippen LogP contribution in [0, 0.1) is 0 Å². The van der Waals surface area contributed by atoms with Crippen LogP contribution in [-0.4, -0.2) is 53.3 Å². The Morgan fingerprint density at radius 3 is 2.62 bits per heavy atom. The van der Waals surface area contributed by atoms with Crippen molar-refractivity contribution in [2.75, 3.05) is 19.6 Å². The minimum Gasteiger partial charge on any atom is -0.480 e. The molecular formula is C13H20BrFN2O4. The van der Waals surface area contributed by atoms with Gasteiger partial charge in [-0.1, -0.05) is 15.9 Å². The number of carboxylic acids is 1. The van der Waals surface area contributed by atoms with Gasteiger partial charge in [0, 0.05) is 30.5 Å². The Morgan fingerprint density at radius 1 is 1.52 bits per heavy atom. The van der Waals surface area contributed by atoms with Crippen molar-refractivity contribution in [2.24, 2.45) is 0 Å². The first-order valence-electron chi connectivity index (χ1n) is 6.56. The van der Waals surface area contributed by atoms with Crippen molar-refractivity contribution >= 4 is 28.0 Å². The number of nitrogens with zero attached hydrogens (tertiary/aromatic N) is 1. The molecule has 1 rings (SSSR count). The molecule has 0 aromatic heterocycles. The van der Waals surface area contributed by atoms with Crippen LogP contribution in [0.2, 0.25) is 0 Å². The molecule has 1 aliphatic heterocycles. The molecule has 120 valence electrons. The molecule has 0 radical (unpaired) electrons. The molecular weight excluding hydrogens is 347 g/mol. The summed E-state index contributed by atoms with van der Waals surface area (Å²) in [7, 11) is 0. The Bertz CT molecular complexity index is 448. The number of hydrogen-bond acceptors (Lipinski definition) is 4. The number of hydrogen-bond donors (Lipinski definition) is 2. The molecule has 6 nitrogen and oxygen atoms in total. The van der Waals surface area contributed by atoms with Crippen LogP contribution in [0.25, 0.3) is 0 Å². The number of nitrogens with one attached hydrogen (secondary N) is 1. The van der Waals surface area contributed by atoms with Crippen molar-refractivity contribution in [3.05, 3.63) is 10.3 Å². The Balaban J connectivity index is 2.59. The first kappa shape index (κ1) is 17.9. The molecule has 1 amide bonds. The topological polar surface area (TPSA) is 78.9 Å². The number of rotatable bonds is 4. The van der Waals surface area contributed by atoms with E-state index in [1.165, 1.54) is 0 Å². The average Bonchev–Trinajstić information content (AvgIpc) is 2.30. The lowest BCUT2D eigenvalue weighted by molar-refractivity contribution is -0.140. The number of carbonyl (C=O) groups excluding carboxylic acids is 1. The fraction of sp³-hybridized carbons (Fsp3) is 0.692. The summed E-state index contributed by atoms with van der Waals surface area (Å²) in [6.07, 6.45) is -0.563. The first-order chi connectivity index (χ1) is 9.58. The fourth-order valence-electron chi connectivity index (χ4n) is 1.80. The summed E-state index contributed by atoms with van der Waals surface area (Å²) in [5.41, 5.74) is -0.701. The van der Waals surface area contributed by atoms with Crippen LogP contribution in [-0.2, 0) is 9.53 Å². The van der Waals surface area contributed by atoms with Crippen molar-refractivity contribution in [2.45, 2.75) is 38.8 Å². The second kappa shape index (κ2) is 7.22. The largest absolute Gasteiger partial charge is 0.480 e. The molecule has 0 bridgehead atoms. The SMILES string of the molecule is CC(C)(C)OC(=O)NC(CN1CCC(F)=C(Br)C1)C(=O)O. The number of halogens is 2. The Labute approximate surface area is 131 Å². The smallest absolute Gasteiger partial charge is 0.408 e. The standard InChI is InChI=1S/C13H20BrFN2O4/c1-13(2,3)21-12(20)16-10(11(18)19)7-17-5-4-9(15)8(14)6-17/h10H,4-7H2,1-3H3,(H,16,20)(H,18,19). The zero-order valence-electron chi connectivity index (χ0n) is 12.3. The lowest BCUT2D eigenvalue weighted by Crippen LogP contribution is -2.50. The second-order valence-corrected chi connectivity index (χ2v) is 6.79. The molecule has 2 N–H and O–H groups in total. The lowest BCUT2D eigenvalue weighted by atomic mass is 10.2. The van der Waals surface area contributed by atoms with E-state index in [1.54, 1.807) is 25.7 Å². The highest BCUT2D eigenvalue weighted by Gasteiger charge is 2.27. The summed E-state index contributed by atoms with van der Waals surface area (Å²) in [5, 5.41) is 11.5. The maximum Gasteiger partial charge on any atom is 0.408 e. The van der Waals surface area contributed by atoms with Gasteiger partial charge in [-0.3, -0.25) is 4.90 Å². The summed E-state index contributed by atoms with van der Waals surface area (Å²) in [4.78, 5) is 24.6. The maximum atomic E-state index is 13.2. The van der Waals surface area contributed by atoms with E-state index in [4.69, 9.17) is 4.74 Å². The van der Waals surface area contributed by atoms with Crippen LogP contribution in [0.1, 0.15) is 27.2 Å². The molecule has 0 saturated heterocycles. The van der Waals surface area contributed by atoms with E-state index < -0.39 is 23.7 Å². The number of carboxylic acid groups (broad SMARTS) is 1. The van der Waals surface area contributed by atoms with Gasteiger partial charge in [-0.15, -0.1) is 0 Å². The molecule has 0 aliphatic carbocycles. The predicted molar refractivity (Wildman–Crippen MR) is 78.9 cm³/mol. The van der Waals surface area contributed by atoms with Crippen LogP contribution in [0.15, 0.2) is 10.3 Å². The Hall–Kier alpha value is -1.15. The fourth-order valence-corrected chi connectivity index (χ4v) is 2.36. The monoisotopic (exact) mass is 366 g/mol. The molecule has 21 heavy (non-hydrogen) atoms. The number of ether oxygens (including phenoxy) is 1. The summed E-state index contributed by atoms with van der Waals surface area (Å²) in [6, 6.07) is -1.11. The van der Waals surface area contributed by atoms with E-state index in [-0.39, 0.29) is 25.3 Å². The minimum atomic E-state index is -1.16. The number of carbonyl (C=O) groups is 2. The predicted octanol–water partition coefficient (Wildman–Crippen LogP) is 2.25. The summed E-state index contributed by atoms with van der Waals surface area (Å²) < 4.78 is 18.7. The van der Waals surface area contributed by atoms with E-state index in [0.29, 0.717) is 11.0 Å². The highest BCUT2D eigenvalue weighted by atomic mass is 79.9. The van der Waals surface area contributed by atoms with Crippen molar-refractivity contribution in [3.8, 4) is 0 Å². The number of amides is 1. The van der Waals surface area contributed by atoms with Gasteiger partial charge in [-0.2, -0.15) is 0 Å².